The third-order valence-electron chi connectivity index (χ3n) is 3.45. The van der Waals surface area contributed by atoms with E-state index in [1.165, 1.54) is 31.2 Å². The van der Waals surface area contributed by atoms with E-state index < -0.39 is 0 Å². The predicted octanol–water partition coefficient (Wildman–Crippen LogP) is 3.24. The van der Waals surface area contributed by atoms with Crippen LogP contribution in [0, 0.1) is 0 Å². The van der Waals surface area contributed by atoms with Crippen LogP contribution >= 0.6 is 0 Å². The monoisotopic (exact) mass is 203 g/mol. The summed E-state index contributed by atoms with van der Waals surface area (Å²) in [6.07, 6.45) is 7.85. The molecule has 1 aromatic rings. The van der Waals surface area contributed by atoms with Crippen molar-refractivity contribution in [2.24, 2.45) is 5.73 Å². The lowest BCUT2D eigenvalue weighted by molar-refractivity contribution is 0.720. The van der Waals surface area contributed by atoms with Crippen LogP contribution < -0.4 is 5.73 Å². The smallest absolute Gasteiger partial charge is 0.00741 e. The summed E-state index contributed by atoms with van der Waals surface area (Å²) in [6.45, 7) is 0.799. The van der Waals surface area contributed by atoms with Crippen LogP contribution in [-0.2, 0) is 6.42 Å². The molecular weight excluding hydrogens is 182 g/mol. The molecule has 1 heteroatoms. The minimum absolute atomic E-state index is 0.799. The molecule has 1 aliphatic rings. The van der Waals surface area contributed by atoms with E-state index in [1.807, 2.05) is 0 Å². The molecule has 0 unspecified atom stereocenters. The average Bonchev–Trinajstić information content (AvgIpc) is 2.80. The summed E-state index contributed by atoms with van der Waals surface area (Å²) in [4.78, 5) is 0. The molecule has 0 aliphatic heterocycles. The van der Waals surface area contributed by atoms with Crippen molar-refractivity contribution in [3.05, 3.63) is 35.4 Å². The van der Waals surface area contributed by atoms with Gasteiger partial charge in [-0.25, -0.2) is 0 Å². The van der Waals surface area contributed by atoms with E-state index >= 15 is 0 Å². The molecule has 0 saturated heterocycles. The molecule has 1 saturated carbocycles. The van der Waals surface area contributed by atoms with Crippen molar-refractivity contribution in [3.8, 4) is 0 Å². The highest BCUT2D eigenvalue weighted by Crippen LogP contribution is 2.34. The van der Waals surface area contributed by atoms with Crippen LogP contribution in [0.1, 0.15) is 49.1 Å². The van der Waals surface area contributed by atoms with Gasteiger partial charge in [0.1, 0.15) is 0 Å². The van der Waals surface area contributed by atoms with Crippen molar-refractivity contribution in [2.45, 2.75) is 44.4 Å². The Balaban J connectivity index is 2.04. The Labute approximate surface area is 92.7 Å². The van der Waals surface area contributed by atoms with Crippen molar-refractivity contribution >= 4 is 0 Å². The molecule has 0 spiro atoms. The zero-order valence-corrected chi connectivity index (χ0v) is 9.41. The Bertz CT molecular complexity index is 300. The van der Waals surface area contributed by atoms with Crippen molar-refractivity contribution in [1.82, 2.24) is 0 Å². The van der Waals surface area contributed by atoms with E-state index in [2.05, 4.69) is 24.3 Å². The highest BCUT2D eigenvalue weighted by atomic mass is 14.5. The molecule has 2 N–H and O–H groups in total. The number of hydrogen-bond acceptors (Lipinski definition) is 1. The third kappa shape index (κ3) is 2.82. The summed E-state index contributed by atoms with van der Waals surface area (Å²) in [5.74, 6) is 0.836. The molecule has 1 nitrogen and oxygen atoms in total. The second-order valence-corrected chi connectivity index (χ2v) is 4.62. The van der Waals surface area contributed by atoms with Gasteiger partial charge < -0.3 is 5.73 Å². The molecule has 0 radical (unpaired) electrons. The van der Waals surface area contributed by atoms with Crippen LogP contribution in [0.25, 0.3) is 0 Å². The zero-order valence-electron chi connectivity index (χ0n) is 9.41. The maximum absolute atomic E-state index is 5.54. The van der Waals surface area contributed by atoms with Crippen LogP contribution in [0.15, 0.2) is 24.3 Å². The first kappa shape index (κ1) is 10.7. The first-order valence-electron chi connectivity index (χ1n) is 6.19. The summed E-state index contributed by atoms with van der Waals surface area (Å²) < 4.78 is 0. The van der Waals surface area contributed by atoms with Gasteiger partial charge in [0.15, 0.2) is 0 Å². The maximum atomic E-state index is 5.54. The SMILES string of the molecule is NCCCc1cccc(C2CCCC2)c1. The molecule has 82 valence electrons. The number of hydrogen-bond donors (Lipinski definition) is 1. The lowest BCUT2D eigenvalue weighted by Crippen LogP contribution is -2.01. The van der Waals surface area contributed by atoms with E-state index in [0.29, 0.717) is 0 Å². The molecule has 0 amide bonds. The Kier molecular flexibility index (Phi) is 3.79. The largest absolute Gasteiger partial charge is 0.330 e. The molecule has 15 heavy (non-hydrogen) atoms. The Morgan fingerprint density at radius 2 is 2.00 bits per heavy atom. The van der Waals surface area contributed by atoms with Crippen molar-refractivity contribution in [3.63, 3.8) is 0 Å². The van der Waals surface area contributed by atoms with Gasteiger partial charge in [-0.2, -0.15) is 0 Å². The van der Waals surface area contributed by atoms with Gasteiger partial charge in [0.25, 0.3) is 0 Å². The zero-order chi connectivity index (χ0) is 10.5. The van der Waals surface area contributed by atoms with Crippen LogP contribution in [-0.4, -0.2) is 6.54 Å². The minimum atomic E-state index is 0.799. The summed E-state index contributed by atoms with van der Waals surface area (Å²) in [5.41, 5.74) is 8.56. The van der Waals surface area contributed by atoms with Gasteiger partial charge in [-0.1, -0.05) is 37.1 Å². The normalized spacial score (nSPS) is 17.1. The summed E-state index contributed by atoms with van der Waals surface area (Å²) in [7, 11) is 0. The lowest BCUT2D eigenvalue weighted by Gasteiger charge is -2.11. The van der Waals surface area contributed by atoms with E-state index in [1.54, 1.807) is 5.56 Å². The quantitative estimate of drug-likeness (QED) is 0.798. The van der Waals surface area contributed by atoms with Gasteiger partial charge in [-0.15, -0.1) is 0 Å². The summed E-state index contributed by atoms with van der Waals surface area (Å²) in [6, 6.07) is 9.13. The maximum Gasteiger partial charge on any atom is -0.00741 e. The number of benzene rings is 1. The Morgan fingerprint density at radius 1 is 1.20 bits per heavy atom. The minimum Gasteiger partial charge on any atom is -0.330 e. The van der Waals surface area contributed by atoms with E-state index in [-0.39, 0.29) is 0 Å². The highest BCUT2D eigenvalue weighted by Gasteiger charge is 2.16. The second-order valence-electron chi connectivity index (χ2n) is 4.62. The van der Waals surface area contributed by atoms with Gasteiger partial charge in [-0.05, 0) is 49.3 Å². The fourth-order valence-corrected chi connectivity index (χ4v) is 2.57. The van der Waals surface area contributed by atoms with Gasteiger partial charge in [0.2, 0.25) is 0 Å². The first-order valence-corrected chi connectivity index (χ1v) is 6.19. The third-order valence-corrected chi connectivity index (χ3v) is 3.45. The number of aryl methyl sites for hydroxylation is 1. The van der Waals surface area contributed by atoms with Crippen molar-refractivity contribution < 1.29 is 0 Å². The van der Waals surface area contributed by atoms with E-state index in [0.717, 1.165) is 25.3 Å². The summed E-state index contributed by atoms with van der Waals surface area (Å²) >= 11 is 0. The summed E-state index contributed by atoms with van der Waals surface area (Å²) in [5, 5.41) is 0. The second kappa shape index (κ2) is 5.32. The van der Waals surface area contributed by atoms with Gasteiger partial charge in [0.05, 0.1) is 0 Å². The molecule has 0 atom stereocenters. The molecule has 1 fully saturated rings. The van der Waals surface area contributed by atoms with Crippen LogP contribution in [0.2, 0.25) is 0 Å². The standard InChI is InChI=1S/C14H21N/c15-10-4-6-12-5-3-9-14(11-12)13-7-1-2-8-13/h3,5,9,11,13H,1-2,4,6-8,10,15H2. The first-order chi connectivity index (χ1) is 7.40. The molecule has 2 rings (SSSR count). The van der Waals surface area contributed by atoms with Crippen LogP contribution in [0.3, 0.4) is 0 Å². The number of nitrogens with two attached hydrogens (primary N) is 1. The molecular formula is C14H21N. The fourth-order valence-electron chi connectivity index (χ4n) is 2.57. The predicted molar refractivity (Wildman–Crippen MR) is 65.0 cm³/mol. The molecule has 0 heterocycles. The molecule has 0 bridgehead atoms. The molecule has 1 aliphatic carbocycles. The fraction of sp³-hybridized carbons (Fsp3) is 0.571. The lowest BCUT2D eigenvalue weighted by atomic mass is 9.95. The van der Waals surface area contributed by atoms with Gasteiger partial charge >= 0.3 is 0 Å². The van der Waals surface area contributed by atoms with Crippen molar-refractivity contribution in [1.29, 1.82) is 0 Å². The van der Waals surface area contributed by atoms with E-state index in [9.17, 15) is 0 Å². The topological polar surface area (TPSA) is 26.0 Å². The van der Waals surface area contributed by atoms with Crippen molar-refractivity contribution in [2.75, 3.05) is 6.54 Å². The van der Waals surface area contributed by atoms with E-state index in [4.69, 9.17) is 5.73 Å². The average molecular weight is 203 g/mol. The highest BCUT2D eigenvalue weighted by molar-refractivity contribution is 5.27. The Hall–Kier alpha value is -0.820. The van der Waals surface area contributed by atoms with Crippen LogP contribution in [0.5, 0.6) is 0 Å². The Morgan fingerprint density at radius 3 is 2.73 bits per heavy atom. The molecule has 1 aromatic carbocycles. The van der Waals surface area contributed by atoms with Gasteiger partial charge in [0, 0.05) is 0 Å². The molecule has 0 aromatic heterocycles. The van der Waals surface area contributed by atoms with Gasteiger partial charge in [-0.3, -0.25) is 0 Å². The number of rotatable bonds is 4. The van der Waals surface area contributed by atoms with Crippen LogP contribution in [0.4, 0.5) is 0 Å².